The van der Waals surface area contributed by atoms with E-state index in [4.69, 9.17) is 4.74 Å². The molecular formula is C28H27N3O4. The SMILES string of the molecule is COc1ccccc1/C(O)=C1\C(=O)C(=O)N(c2ccc(N3CCCCC3)cc2)C1c1ccccn1. The van der Waals surface area contributed by atoms with Gasteiger partial charge in [0, 0.05) is 30.7 Å². The number of aliphatic hydroxyl groups excluding tert-OH is 1. The average Bonchev–Trinajstić information content (AvgIpc) is 3.19. The molecule has 2 aliphatic rings. The molecule has 35 heavy (non-hydrogen) atoms. The van der Waals surface area contributed by atoms with E-state index in [-0.39, 0.29) is 11.3 Å². The molecule has 2 saturated heterocycles. The molecule has 0 spiro atoms. The van der Waals surface area contributed by atoms with Crippen LogP contribution >= 0.6 is 0 Å². The van der Waals surface area contributed by atoms with Crippen molar-refractivity contribution in [3.63, 3.8) is 0 Å². The maximum absolute atomic E-state index is 13.3. The Bertz CT molecular complexity index is 1260. The topological polar surface area (TPSA) is 83.0 Å². The summed E-state index contributed by atoms with van der Waals surface area (Å²) in [6.07, 6.45) is 5.19. The van der Waals surface area contributed by atoms with Gasteiger partial charge in [-0.1, -0.05) is 18.2 Å². The van der Waals surface area contributed by atoms with Crippen LogP contribution in [0.4, 0.5) is 11.4 Å². The van der Waals surface area contributed by atoms with Gasteiger partial charge in [0.1, 0.15) is 17.6 Å². The number of nitrogens with zero attached hydrogens (tertiary/aromatic N) is 3. The van der Waals surface area contributed by atoms with Crippen LogP contribution in [0.1, 0.15) is 36.6 Å². The molecule has 1 amide bonds. The lowest BCUT2D eigenvalue weighted by atomic mass is 9.97. The van der Waals surface area contributed by atoms with Crippen LogP contribution in [-0.4, -0.2) is 42.0 Å². The van der Waals surface area contributed by atoms with E-state index < -0.39 is 17.7 Å². The molecule has 2 fully saturated rings. The number of hydrogen-bond donors (Lipinski definition) is 1. The lowest BCUT2D eigenvalue weighted by molar-refractivity contribution is -0.132. The summed E-state index contributed by atoms with van der Waals surface area (Å²) in [5.74, 6) is -1.35. The second-order valence-electron chi connectivity index (χ2n) is 8.69. The van der Waals surface area contributed by atoms with Gasteiger partial charge >= 0.3 is 0 Å². The normalized spacial score (nSPS) is 19.7. The first-order valence-electron chi connectivity index (χ1n) is 11.8. The quantitative estimate of drug-likeness (QED) is 0.331. The smallest absolute Gasteiger partial charge is 0.300 e. The molecule has 1 aromatic heterocycles. The Labute approximate surface area is 204 Å². The summed E-state index contributed by atoms with van der Waals surface area (Å²) in [6, 6.07) is 19.0. The molecule has 7 nitrogen and oxygen atoms in total. The standard InChI is InChI=1S/C28H27N3O4/c1-35-23-11-4-3-9-21(23)26(32)24-25(22-10-5-6-16-29-22)31(28(34)27(24)33)20-14-12-19(13-15-20)30-17-7-2-8-18-30/h3-6,9-16,25,32H,2,7-8,17-18H2,1H3/b26-24+. The monoisotopic (exact) mass is 469 g/mol. The predicted molar refractivity (Wildman–Crippen MR) is 135 cm³/mol. The molecular weight excluding hydrogens is 442 g/mol. The fourth-order valence-electron chi connectivity index (χ4n) is 4.88. The Morgan fingerprint density at radius 1 is 0.914 bits per heavy atom. The minimum Gasteiger partial charge on any atom is -0.507 e. The zero-order valence-electron chi connectivity index (χ0n) is 19.6. The lowest BCUT2D eigenvalue weighted by Crippen LogP contribution is -2.31. The van der Waals surface area contributed by atoms with Crippen LogP contribution in [0, 0.1) is 0 Å². The fraction of sp³-hybridized carbons (Fsp3) is 0.250. The molecule has 3 aromatic rings. The zero-order valence-corrected chi connectivity index (χ0v) is 19.6. The lowest BCUT2D eigenvalue weighted by Gasteiger charge is -2.30. The third kappa shape index (κ3) is 4.14. The summed E-state index contributed by atoms with van der Waals surface area (Å²) in [5.41, 5.74) is 2.48. The third-order valence-corrected chi connectivity index (χ3v) is 6.62. The van der Waals surface area contributed by atoms with Crippen molar-refractivity contribution in [2.75, 3.05) is 30.0 Å². The molecule has 1 atom stereocenters. The van der Waals surface area contributed by atoms with Gasteiger partial charge < -0.3 is 14.7 Å². The highest BCUT2D eigenvalue weighted by atomic mass is 16.5. The molecule has 0 radical (unpaired) electrons. The van der Waals surface area contributed by atoms with Crippen molar-refractivity contribution >= 4 is 28.8 Å². The fourth-order valence-corrected chi connectivity index (χ4v) is 4.88. The van der Waals surface area contributed by atoms with Gasteiger partial charge in [0.15, 0.2) is 0 Å². The number of carbonyl (C=O) groups excluding carboxylic acids is 2. The molecule has 0 aliphatic carbocycles. The first-order valence-corrected chi connectivity index (χ1v) is 11.8. The van der Waals surface area contributed by atoms with Crippen molar-refractivity contribution in [1.82, 2.24) is 4.98 Å². The zero-order chi connectivity index (χ0) is 24.4. The van der Waals surface area contributed by atoms with E-state index in [0.29, 0.717) is 22.7 Å². The van der Waals surface area contributed by atoms with Crippen LogP contribution in [0.15, 0.2) is 78.5 Å². The number of hydrogen-bond acceptors (Lipinski definition) is 6. The highest BCUT2D eigenvalue weighted by Crippen LogP contribution is 2.43. The first-order chi connectivity index (χ1) is 17.1. The summed E-state index contributed by atoms with van der Waals surface area (Å²) >= 11 is 0. The van der Waals surface area contributed by atoms with Crippen molar-refractivity contribution in [3.8, 4) is 5.75 Å². The average molecular weight is 470 g/mol. The molecule has 0 saturated carbocycles. The summed E-state index contributed by atoms with van der Waals surface area (Å²) < 4.78 is 5.39. The molecule has 7 heteroatoms. The largest absolute Gasteiger partial charge is 0.507 e. The second-order valence-corrected chi connectivity index (χ2v) is 8.69. The number of anilines is 2. The van der Waals surface area contributed by atoms with Crippen LogP contribution in [0.3, 0.4) is 0 Å². The van der Waals surface area contributed by atoms with Crippen molar-refractivity contribution in [2.45, 2.75) is 25.3 Å². The number of pyridine rings is 1. The van der Waals surface area contributed by atoms with Gasteiger partial charge in [-0.3, -0.25) is 19.5 Å². The van der Waals surface area contributed by atoms with Gasteiger partial charge in [0.2, 0.25) is 0 Å². The number of piperidine rings is 1. The number of aliphatic hydroxyl groups is 1. The number of benzene rings is 2. The van der Waals surface area contributed by atoms with E-state index in [9.17, 15) is 14.7 Å². The van der Waals surface area contributed by atoms with Crippen LogP contribution in [0.25, 0.3) is 5.76 Å². The van der Waals surface area contributed by atoms with E-state index >= 15 is 0 Å². The van der Waals surface area contributed by atoms with E-state index in [1.54, 1.807) is 48.7 Å². The molecule has 2 aromatic carbocycles. The van der Waals surface area contributed by atoms with E-state index in [2.05, 4.69) is 9.88 Å². The number of rotatable bonds is 5. The van der Waals surface area contributed by atoms with Gasteiger partial charge in [-0.2, -0.15) is 0 Å². The number of carbonyl (C=O) groups is 2. The van der Waals surface area contributed by atoms with E-state index in [0.717, 1.165) is 18.8 Å². The van der Waals surface area contributed by atoms with Crippen LogP contribution < -0.4 is 14.5 Å². The number of aromatic nitrogens is 1. The number of ketones is 1. The van der Waals surface area contributed by atoms with Crippen molar-refractivity contribution in [2.24, 2.45) is 0 Å². The number of ether oxygens (including phenoxy) is 1. The Hall–Kier alpha value is -4.13. The van der Waals surface area contributed by atoms with Gasteiger partial charge in [0.25, 0.3) is 11.7 Å². The maximum Gasteiger partial charge on any atom is 0.300 e. The molecule has 1 unspecified atom stereocenters. The summed E-state index contributed by atoms with van der Waals surface area (Å²) in [4.78, 5) is 34.8. The predicted octanol–water partition coefficient (Wildman–Crippen LogP) is 4.71. The Kier molecular flexibility index (Phi) is 6.23. The molecule has 3 heterocycles. The van der Waals surface area contributed by atoms with Crippen LogP contribution in [0.2, 0.25) is 0 Å². The first kappa shape index (κ1) is 22.7. The Morgan fingerprint density at radius 2 is 1.60 bits per heavy atom. The minimum absolute atomic E-state index is 0.0155. The summed E-state index contributed by atoms with van der Waals surface area (Å²) in [6.45, 7) is 2.02. The maximum atomic E-state index is 13.3. The number of methoxy groups -OCH3 is 1. The van der Waals surface area contributed by atoms with Gasteiger partial charge in [0.05, 0.1) is 23.9 Å². The number of amides is 1. The van der Waals surface area contributed by atoms with Gasteiger partial charge in [-0.25, -0.2) is 0 Å². The summed E-state index contributed by atoms with van der Waals surface area (Å²) in [5, 5.41) is 11.3. The Morgan fingerprint density at radius 3 is 2.29 bits per heavy atom. The minimum atomic E-state index is -0.873. The van der Waals surface area contributed by atoms with Crippen LogP contribution in [-0.2, 0) is 9.59 Å². The number of para-hydroxylation sites is 1. The van der Waals surface area contributed by atoms with E-state index in [1.807, 2.05) is 24.3 Å². The highest BCUT2D eigenvalue weighted by molar-refractivity contribution is 6.51. The summed E-state index contributed by atoms with van der Waals surface area (Å²) in [7, 11) is 1.49. The highest BCUT2D eigenvalue weighted by Gasteiger charge is 2.47. The third-order valence-electron chi connectivity index (χ3n) is 6.62. The van der Waals surface area contributed by atoms with E-state index in [1.165, 1.54) is 31.3 Å². The molecule has 5 rings (SSSR count). The van der Waals surface area contributed by atoms with Crippen molar-refractivity contribution in [1.29, 1.82) is 0 Å². The number of Topliss-reactive ketones (excluding diaryl/α,β-unsaturated/α-hetero) is 1. The van der Waals surface area contributed by atoms with Crippen LogP contribution in [0.5, 0.6) is 5.75 Å². The van der Waals surface area contributed by atoms with Gasteiger partial charge in [-0.15, -0.1) is 0 Å². The molecule has 0 bridgehead atoms. The second kappa shape index (κ2) is 9.62. The van der Waals surface area contributed by atoms with Crippen molar-refractivity contribution in [3.05, 3.63) is 89.8 Å². The Balaban J connectivity index is 1.61. The molecule has 178 valence electrons. The van der Waals surface area contributed by atoms with Gasteiger partial charge in [-0.05, 0) is 67.8 Å². The molecule has 1 N–H and O–H groups in total. The molecule has 2 aliphatic heterocycles. The van der Waals surface area contributed by atoms with Crippen molar-refractivity contribution < 1.29 is 19.4 Å².